The van der Waals surface area contributed by atoms with Crippen molar-refractivity contribution < 1.29 is 18.3 Å². The molecular formula is C14H18N2O4S. The third kappa shape index (κ3) is 3.08. The van der Waals surface area contributed by atoms with Crippen LogP contribution in [0, 0.1) is 0 Å². The van der Waals surface area contributed by atoms with E-state index in [1.54, 1.807) is 0 Å². The fourth-order valence-corrected chi connectivity index (χ4v) is 3.54. The Kier molecular flexibility index (Phi) is 4.34. The third-order valence-electron chi connectivity index (χ3n) is 3.29. The topological polar surface area (TPSA) is 79.6 Å². The Hall–Kier alpha value is -1.86. The van der Waals surface area contributed by atoms with Gasteiger partial charge in [-0.1, -0.05) is 12.2 Å². The lowest BCUT2D eigenvalue weighted by atomic mass is 10.4. The lowest BCUT2D eigenvalue weighted by Gasteiger charge is -2.17. The number of rotatable bonds is 8. The van der Waals surface area contributed by atoms with Crippen LogP contribution in [0.1, 0.15) is 29.4 Å². The Morgan fingerprint density at radius 3 is 2.38 bits per heavy atom. The molecule has 1 aromatic rings. The predicted molar refractivity (Wildman–Crippen MR) is 78.8 cm³/mol. The van der Waals surface area contributed by atoms with Crippen LogP contribution in [0.5, 0.6) is 0 Å². The van der Waals surface area contributed by atoms with Gasteiger partial charge in [-0.2, -0.15) is 4.31 Å². The van der Waals surface area contributed by atoms with Crippen LogP contribution in [0.3, 0.4) is 0 Å². The second-order valence-electron chi connectivity index (χ2n) is 4.90. The summed E-state index contributed by atoms with van der Waals surface area (Å²) in [6.45, 7) is 7.37. The number of nitrogens with zero attached hydrogens (tertiary/aromatic N) is 2. The minimum absolute atomic E-state index is 0.00417. The van der Waals surface area contributed by atoms with Crippen LogP contribution in [-0.2, 0) is 10.0 Å². The molecule has 21 heavy (non-hydrogen) atoms. The summed E-state index contributed by atoms with van der Waals surface area (Å²) in [5, 5.41) is 9.21. The van der Waals surface area contributed by atoms with Gasteiger partial charge >= 0.3 is 5.97 Å². The number of carboxylic acids is 1. The van der Waals surface area contributed by atoms with Gasteiger partial charge in [0.15, 0.2) is 0 Å². The van der Waals surface area contributed by atoms with Crippen molar-refractivity contribution in [2.75, 3.05) is 13.1 Å². The van der Waals surface area contributed by atoms with Crippen molar-refractivity contribution in [2.24, 2.45) is 0 Å². The summed E-state index contributed by atoms with van der Waals surface area (Å²) in [6, 6.07) is 1.31. The maximum Gasteiger partial charge on any atom is 0.352 e. The quantitative estimate of drug-likeness (QED) is 0.744. The summed E-state index contributed by atoms with van der Waals surface area (Å²) in [5.74, 6) is -1.12. The van der Waals surface area contributed by atoms with Crippen LogP contribution in [-0.4, -0.2) is 41.5 Å². The Morgan fingerprint density at radius 1 is 1.38 bits per heavy atom. The number of hydrogen-bond acceptors (Lipinski definition) is 3. The van der Waals surface area contributed by atoms with Crippen molar-refractivity contribution in [2.45, 2.75) is 23.8 Å². The normalized spacial score (nSPS) is 15.1. The molecule has 1 aliphatic carbocycles. The first-order valence-electron chi connectivity index (χ1n) is 6.59. The Labute approximate surface area is 124 Å². The first-order valence-corrected chi connectivity index (χ1v) is 8.03. The van der Waals surface area contributed by atoms with Gasteiger partial charge in [-0.3, -0.25) is 0 Å². The van der Waals surface area contributed by atoms with E-state index in [1.807, 2.05) is 0 Å². The van der Waals surface area contributed by atoms with Crippen LogP contribution in [0.15, 0.2) is 42.5 Å². The monoisotopic (exact) mass is 310 g/mol. The highest BCUT2D eigenvalue weighted by Crippen LogP contribution is 2.37. The van der Waals surface area contributed by atoms with Gasteiger partial charge in [0.2, 0.25) is 10.0 Å². The molecule has 1 heterocycles. The van der Waals surface area contributed by atoms with Gasteiger partial charge in [-0.05, 0) is 18.9 Å². The van der Waals surface area contributed by atoms with E-state index in [0.717, 1.165) is 12.8 Å². The van der Waals surface area contributed by atoms with E-state index in [4.69, 9.17) is 0 Å². The zero-order chi connectivity index (χ0) is 15.6. The Bertz CT molecular complexity index is 661. The first-order chi connectivity index (χ1) is 9.91. The molecule has 0 unspecified atom stereocenters. The molecule has 0 saturated heterocycles. The van der Waals surface area contributed by atoms with Crippen LogP contribution in [0.25, 0.3) is 0 Å². The van der Waals surface area contributed by atoms with Crippen LogP contribution >= 0.6 is 0 Å². The van der Waals surface area contributed by atoms with Gasteiger partial charge in [0.25, 0.3) is 0 Å². The fraction of sp³-hybridized carbons (Fsp3) is 0.357. The van der Waals surface area contributed by atoms with Crippen molar-refractivity contribution in [1.82, 2.24) is 8.87 Å². The molecule has 114 valence electrons. The van der Waals surface area contributed by atoms with Gasteiger partial charge < -0.3 is 9.67 Å². The van der Waals surface area contributed by atoms with E-state index in [0.29, 0.717) is 0 Å². The van der Waals surface area contributed by atoms with Gasteiger partial charge in [0.1, 0.15) is 10.6 Å². The lowest BCUT2D eigenvalue weighted by molar-refractivity contribution is 0.0685. The average molecular weight is 310 g/mol. The lowest BCUT2D eigenvalue weighted by Crippen LogP contribution is -2.31. The molecule has 1 aliphatic rings. The first kappa shape index (κ1) is 15.5. The summed E-state index contributed by atoms with van der Waals surface area (Å²) in [4.78, 5) is 11.2. The molecule has 7 heteroatoms. The SMILES string of the molecule is C=CCN(CC=C)S(=O)(=O)c1cc(C(=O)O)n(C2CC2)c1. The molecule has 2 rings (SSSR count). The highest BCUT2D eigenvalue weighted by Gasteiger charge is 2.32. The highest BCUT2D eigenvalue weighted by molar-refractivity contribution is 7.89. The number of carbonyl (C=O) groups is 1. The van der Waals surface area contributed by atoms with Crippen molar-refractivity contribution in [1.29, 1.82) is 0 Å². The Morgan fingerprint density at radius 2 is 1.95 bits per heavy atom. The van der Waals surface area contributed by atoms with E-state index in [2.05, 4.69) is 13.2 Å². The molecule has 0 spiro atoms. The molecule has 1 saturated carbocycles. The summed E-state index contributed by atoms with van der Waals surface area (Å²) in [6.07, 6.45) is 6.12. The maximum atomic E-state index is 12.6. The van der Waals surface area contributed by atoms with Crippen LogP contribution in [0.4, 0.5) is 0 Å². The minimum Gasteiger partial charge on any atom is -0.477 e. The van der Waals surface area contributed by atoms with Crippen molar-refractivity contribution in [3.63, 3.8) is 0 Å². The Balaban J connectivity index is 2.43. The molecule has 0 bridgehead atoms. The van der Waals surface area contributed by atoms with Crippen molar-refractivity contribution >= 4 is 16.0 Å². The summed E-state index contributed by atoms with van der Waals surface area (Å²) >= 11 is 0. The molecule has 0 atom stereocenters. The molecule has 0 aromatic carbocycles. The average Bonchev–Trinajstić information content (AvgIpc) is 3.16. The van der Waals surface area contributed by atoms with Crippen LogP contribution in [0.2, 0.25) is 0 Å². The fourth-order valence-electron chi connectivity index (χ4n) is 2.13. The summed E-state index contributed by atoms with van der Waals surface area (Å²) in [5.41, 5.74) is 0.00762. The summed E-state index contributed by atoms with van der Waals surface area (Å²) in [7, 11) is -3.76. The van der Waals surface area contributed by atoms with Crippen molar-refractivity contribution in [3.05, 3.63) is 43.3 Å². The van der Waals surface area contributed by atoms with Gasteiger partial charge in [-0.25, -0.2) is 13.2 Å². The molecule has 6 nitrogen and oxygen atoms in total. The van der Waals surface area contributed by atoms with E-state index < -0.39 is 16.0 Å². The van der Waals surface area contributed by atoms with Gasteiger partial charge in [-0.15, -0.1) is 13.2 Å². The summed E-state index contributed by atoms with van der Waals surface area (Å²) < 4.78 is 27.9. The van der Waals surface area contributed by atoms with Gasteiger partial charge in [0.05, 0.1) is 0 Å². The smallest absolute Gasteiger partial charge is 0.352 e. The third-order valence-corrected chi connectivity index (χ3v) is 5.08. The van der Waals surface area contributed by atoms with Gasteiger partial charge in [0, 0.05) is 25.3 Å². The molecular weight excluding hydrogens is 292 g/mol. The predicted octanol–water partition coefficient (Wildman–Crippen LogP) is 1.88. The molecule has 0 amide bonds. The molecule has 1 N–H and O–H groups in total. The van der Waals surface area contributed by atoms with E-state index in [1.165, 1.54) is 33.3 Å². The van der Waals surface area contributed by atoms with E-state index in [-0.39, 0.29) is 29.7 Å². The number of hydrogen-bond donors (Lipinski definition) is 1. The molecule has 1 aromatic heterocycles. The highest BCUT2D eigenvalue weighted by atomic mass is 32.2. The van der Waals surface area contributed by atoms with Crippen LogP contribution < -0.4 is 0 Å². The number of aromatic carboxylic acids is 1. The van der Waals surface area contributed by atoms with E-state index in [9.17, 15) is 18.3 Å². The number of carboxylic acid groups (broad SMARTS) is 1. The van der Waals surface area contributed by atoms with Crippen molar-refractivity contribution in [3.8, 4) is 0 Å². The zero-order valence-electron chi connectivity index (χ0n) is 11.6. The minimum atomic E-state index is -3.76. The number of aromatic nitrogens is 1. The standard InChI is InChI=1S/C14H18N2O4S/c1-3-7-15(8-4-2)21(19,20)12-9-13(14(17)18)16(10-12)11-5-6-11/h3-4,9-11H,1-2,5-8H2,(H,17,18). The molecule has 0 radical (unpaired) electrons. The molecule has 0 aliphatic heterocycles. The maximum absolute atomic E-state index is 12.6. The second-order valence-corrected chi connectivity index (χ2v) is 6.84. The second kappa shape index (κ2) is 5.87. The zero-order valence-corrected chi connectivity index (χ0v) is 12.4. The molecule has 1 fully saturated rings. The largest absolute Gasteiger partial charge is 0.477 e. The van der Waals surface area contributed by atoms with E-state index >= 15 is 0 Å². The number of sulfonamides is 1.